The zero-order valence-electron chi connectivity index (χ0n) is 7.20. The van der Waals surface area contributed by atoms with Crippen molar-refractivity contribution < 1.29 is 4.52 Å². The first-order valence-corrected chi connectivity index (χ1v) is 4.55. The van der Waals surface area contributed by atoms with Gasteiger partial charge in [-0.05, 0) is 6.92 Å². The lowest BCUT2D eigenvalue weighted by atomic mass is 10.2. The maximum atomic E-state index is 11.3. The molecule has 0 aliphatic heterocycles. The summed E-state index contributed by atoms with van der Waals surface area (Å²) < 4.78 is 5.14. The van der Waals surface area contributed by atoms with E-state index in [4.69, 9.17) is 11.0 Å². The summed E-state index contributed by atoms with van der Waals surface area (Å²) in [5.41, 5.74) is 5.73. The number of nitrogen functional groups attached to an aromatic ring is 1. The molecule has 5 nitrogen and oxygen atoms in total. The Balaban J connectivity index is 3.11. The molecule has 2 aromatic heterocycles. The van der Waals surface area contributed by atoms with Crippen LogP contribution in [0.15, 0.2) is 9.32 Å². The van der Waals surface area contributed by atoms with Gasteiger partial charge in [-0.25, -0.2) is 4.79 Å². The van der Waals surface area contributed by atoms with Crippen molar-refractivity contribution in [3.63, 3.8) is 0 Å². The SMILES string of the molecule is Cc1noc(=O)c2c(C#N)c(N)sc12. The summed E-state index contributed by atoms with van der Waals surface area (Å²) in [7, 11) is 0. The van der Waals surface area contributed by atoms with E-state index in [-0.39, 0.29) is 10.9 Å². The first kappa shape index (κ1) is 8.72. The summed E-state index contributed by atoms with van der Waals surface area (Å²) in [6, 6.07) is 1.88. The van der Waals surface area contributed by atoms with Crippen molar-refractivity contribution in [2.24, 2.45) is 0 Å². The van der Waals surface area contributed by atoms with E-state index in [1.807, 2.05) is 6.07 Å². The number of anilines is 1. The second-order valence-electron chi connectivity index (χ2n) is 2.71. The highest BCUT2D eigenvalue weighted by Crippen LogP contribution is 2.31. The van der Waals surface area contributed by atoms with Crippen LogP contribution in [0.4, 0.5) is 5.00 Å². The Hall–Kier alpha value is -1.87. The Kier molecular flexibility index (Phi) is 1.75. The van der Waals surface area contributed by atoms with Crippen LogP contribution in [-0.2, 0) is 0 Å². The number of hydrogen-bond donors (Lipinski definition) is 1. The Morgan fingerprint density at radius 3 is 3.00 bits per heavy atom. The fourth-order valence-corrected chi connectivity index (χ4v) is 2.15. The van der Waals surface area contributed by atoms with Crippen molar-refractivity contribution >= 4 is 26.4 Å². The van der Waals surface area contributed by atoms with Gasteiger partial charge in [0.1, 0.15) is 22.0 Å². The van der Waals surface area contributed by atoms with Gasteiger partial charge in [0.2, 0.25) is 0 Å². The van der Waals surface area contributed by atoms with Crippen LogP contribution in [0.1, 0.15) is 11.3 Å². The van der Waals surface area contributed by atoms with E-state index in [2.05, 4.69) is 9.68 Å². The van der Waals surface area contributed by atoms with Gasteiger partial charge in [-0.2, -0.15) is 5.26 Å². The molecule has 0 spiro atoms. The molecule has 6 heteroatoms. The van der Waals surface area contributed by atoms with Crippen molar-refractivity contribution in [1.82, 2.24) is 5.16 Å². The van der Waals surface area contributed by atoms with Crippen LogP contribution in [0, 0.1) is 18.3 Å². The molecule has 0 aromatic carbocycles. The van der Waals surface area contributed by atoms with Gasteiger partial charge >= 0.3 is 5.63 Å². The highest BCUT2D eigenvalue weighted by Gasteiger charge is 2.16. The number of nitriles is 1. The minimum Gasteiger partial charge on any atom is -0.389 e. The Morgan fingerprint density at radius 2 is 2.36 bits per heavy atom. The maximum Gasteiger partial charge on any atom is 0.368 e. The predicted molar refractivity (Wildman–Crippen MR) is 52.0 cm³/mol. The molecule has 0 unspecified atom stereocenters. The lowest BCUT2D eigenvalue weighted by Gasteiger charge is -1.89. The van der Waals surface area contributed by atoms with E-state index in [1.165, 1.54) is 11.3 Å². The molecule has 0 bridgehead atoms. The van der Waals surface area contributed by atoms with Gasteiger partial charge in [0, 0.05) is 0 Å². The third-order valence-electron chi connectivity index (χ3n) is 1.85. The Bertz CT molecular complexity index is 605. The molecule has 0 saturated heterocycles. The molecule has 2 aromatic rings. The first-order valence-electron chi connectivity index (χ1n) is 3.73. The van der Waals surface area contributed by atoms with Gasteiger partial charge in [0.05, 0.1) is 10.4 Å². The molecule has 2 rings (SSSR count). The minimum absolute atomic E-state index is 0.184. The van der Waals surface area contributed by atoms with Gasteiger partial charge in [-0.15, -0.1) is 11.3 Å². The molecule has 0 saturated carbocycles. The zero-order chi connectivity index (χ0) is 10.3. The van der Waals surface area contributed by atoms with Crippen molar-refractivity contribution in [3.05, 3.63) is 21.7 Å². The first-order chi connectivity index (χ1) is 6.65. The molecule has 14 heavy (non-hydrogen) atoms. The van der Waals surface area contributed by atoms with Crippen LogP contribution in [0.3, 0.4) is 0 Å². The van der Waals surface area contributed by atoms with Crippen molar-refractivity contribution in [2.45, 2.75) is 6.92 Å². The average molecular weight is 207 g/mol. The molecule has 0 amide bonds. The number of thiophene rings is 1. The van der Waals surface area contributed by atoms with E-state index in [0.717, 1.165) is 0 Å². The third-order valence-corrected chi connectivity index (χ3v) is 2.97. The van der Waals surface area contributed by atoms with Gasteiger partial charge in [-0.3, -0.25) is 0 Å². The number of rotatable bonds is 0. The van der Waals surface area contributed by atoms with E-state index >= 15 is 0 Å². The number of nitrogens with zero attached hydrogens (tertiary/aromatic N) is 2. The number of hydrogen-bond acceptors (Lipinski definition) is 6. The van der Waals surface area contributed by atoms with Crippen molar-refractivity contribution in [3.8, 4) is 6.07 Å². The largest absolute Gasteiger partial charge is 0.389 e. The van der Waals surface area contributed by atoms with Crippen LogP contribution in [0.2, 0.25) is 0 Å². The minimum atomic E-state index is -0.616. The highest BCUT2D eigenvalue weighted by atomic mass is 32.1. The molecule has 0 atom stereocenters. The molecule has 0 fully saturated rings. The van der Waals surface area contributed by atoms with E-state index in [0.29, 0.717) is 15.4 Å². The average Bonchev–Trinajstić information content (AvgIpc) is 2.50. The summed E-state index contributed by atoms with van der Waals surface area (Å²) in [6.45, 7) is 1.70. The molecular weight excluding hydrogens is 202 g/mol. The predicted octanol–water partition coefficient (Wildman–Crippen LogP) is 1.01. The number of aromatic nitrogens is 1. The van der Waals surface area contributed by atoms with Crippen molar-refractivity contribution in [2.75, 3.05) is 5.73 Å². The second-order valence-corrected chi connectivity index (χ2v) is 3.76. The Labute approximate surface area is 82.4 Å². The molecular formula is C8H5N3O2S. The standard InChI is InChI=1S/C8H5N3O2S/c1-3-6-5(8(12)13-11-3)4(2-9)7(10)14-6/h10H2,1H3. The molecule has 0 aliphatic carbocycles. The van der Waals surface area contributed by atoms with Crippen LogP contribution in [-0.4, -0.2) is 5.16 Å². The van der Waals surface area contributed by atoms with E-state index < -0.39 is 5.63 Å². The van der Waals surface area contributed by atoms with Gasteiger partial charge in [-0.1, -0.05) is 5.16 Å². The lowest BCUT2D eigenvalue weighted by molar-refractivity contribution is 0.371. The topological polar surface area (TPSA) is 92.9 Å². The number of fused-ring (bicyclic) bond motifs is 1. The molecule has 2 heterocycles. The summed E-state index contributed by atoms with van der Waals surface area (Å²) >= 11 is 1.18. The molecule has 70 valence electrons. The van der Waals surface area contributed by atoms with Crippen LogP contribution < -0.4 is 11.4 Å². The van der Waals surface area contributed by atoms with Gasteiger partial charge in [0.15, 0.2) is 0 Å². The zero-order valence-corrected chi connectivity index (χ0v) is 8.01. The quantitative estimate of drug-likeness (QED) is 0.695. The summed E-state index contributed by atoms with van der Waals surface area (Å²) in [6.07, 6.45) is 0. The number of nitrogens with two attached hydrogens (primary N) is 1. The highest BCUT2D eigenvalue weighted by molar-refractivity contribution is 7.23. The van der Waals surface area contributed by atoms with Gasteiger partial charge < -0.3 is 10.3 Å². The smallest absolute Gasteiger partial charge is 0.368 e. The van der Waals surface area contributed by atoms with Crippen molar-refractivity contribution in [1.29, 1.82) is 5.26 Å². The monoisotopic (exact) mass is 207 g/mol. The lowest BCUT2D eigenvalue weighted by Crippen LogP contribution is -2.02. The fourth-order valence-electron chi connectivity index (χ4n) is 1.21. The fraction of sp³-hybridized carbons (Fsp3) is 0.125. The van der Waals surface area contributed by atoms with Crippen LogP contribution in [0.5, 0.6) is 0 Å². The summed E-state index contributed by atoms with van der Waals surface area (Å²) in [5, 5.41) is 12.9. The molecule has 0 radical (unpaired) electrons. The molecule has 0 aliphatic rings. The normalized spacial score (nSPS) is 10.3. The second kappa shape index (κ2) is 2.82. The summed E-state index contributed by atoms with van der Waals surface area (Å²) in [4.78, 5) is 11.3. The van der Waals surface area contributed by atoms with Crippen LogP contribution >= 0.6 is 11.3 Å². The maximum absolute atomic E-state index is 11.3. The van der Waals surface area contributed by atoms with Gasteiger partial charge in [0.25, 0.3) is 0 Å². The summed E-state index contributed by atoms with van der Waals surface area (Å²) in [5.74, 6) is 0. The third kappa shape index (κ3) is 0.995. The number of aryl methyl sites for hydroxylation is 1. The van der Waals surface area contributed by atoms with E-state index in [1.54, 1.807) is 6.92 Å². The Morgan fingerprint density at radius 1 is 1.64 bits per heavy atom. The van der Waals surface area contributed by atoms with E-state index in [9.17, 15) is 4.79 Å². The molecule has 2 N–H and O–H groups in total. The van der Waals surface area contributed by atoms with Crippen LogP contribution in [0.25, 0.3) is 10.1 Å².